The molecule has 0 heterocycles. The third-order valence-electron chi connectivity index (χ3n) is 2.05. The van der Waals surface area contributed by atoms with E-state index >= 15 is 0 Å². The molecular weight excluding hydrogens is 186 g/mol. The molecule has 0 aliphatic rings. The van der Waals surface area contributed by atoms with E-state index in [1.165, 1.54) is 11.1 Å². The zero-order chi connectivity index (χ0) is 11.7. The maximum absolute atomic E-state index is 8.50. The van der Waals surface area contributed by atoms with E-state index in [-0.39, 0.29) is 6.10 Å². The predicted octanol–water partition coefficient (Wildman–Crippen LogP) is 3.61. The Balaban J connectivity index is 3.71. The van der Waals surface area contributed by atoms with E-state index in [0.717, 1.165) is 12.8 Å². The number of rotatable bonds is 6. The van der Waals surface area contributed by atoms with Gasteiger partial charge in [0.15, 0.2) is 0 Å². The molecule has 15 heavy (non-hydrogen) atoms. The van der Waals surface area contributed by atoms with Gasteiger partial charge in [-0.05, 0) is 40.5 Å². The number of hydrogen-bond acceptors (Lipinski definition) is 2. The van der Waals surface area contributed by atoms with Crippen LogP contribution >= 0.6 is 0 Å². The third kappa shape index (κ3) is 9.24. The SMILES string of the molecule is CC(C)=CCCC(C)=CCOC(C)C#N. The Morgan fingerprint density at radius 1 is 1.33 bits per heavy atom. The lowest BCUT2D eigenvalue weighted by atomic mass is 10.1. The summed E-state index contributed by atoms with van der Waals surface area (Å²) in [5.41, 5.74) is 2.68. The Kier molecular flexibility index (Phi) is 7.67. The average Bonchev–Trinajstić information content (AvgIpc) is 2.17. The van der Waals surface area contributed by atoms with Gasteiger partial charge in [0.1, 0.15) is 6.10 Å². The van der Waals surface area contributed by atoms with Gasteiger partial charge in [-0.2, -0.15) is 5.26 Å². The van der Waals surface area contributed by atoms with E-state index in [1.54, 1.807) is 6.92 Å². The van der Waals surface area contributed by atoms with Gasteiger partial charge >= 0.3 is 0 Å². The summed E-state index contributed by atoms with van der Waals surface area (Å²) in [6, 6.07) is 2.04. The van der Waals surface area contributed by atoms with Crippen LogP contribution < -0.4 is 0 Å². The Morgan fingerprint density at radius 3 is 2.53 bits per heavy atom. The van der Waals surface area contributed by atoms with Crippen LogP contribution in [0.4, 0.5) is 0 Å². The lowest BCUT2D eigenvalue weighted by Crippen LogP contribution is -2.04. The Labute approximate surface area is 93.2 Å². The van der Waals surface area contributed by atoms with Gasteiger partial charge < -0.3 is 4.74 Å². The van der Waals surface area contributed by atoms with Crippen LogP contribution in [0.2, 0.25) is 0 Å². The fraction of sp³-hybridized carbons (Fsp3) is 0.615. The molecule has 1 unspecified atom stereocenters. The molecule has 2 nitrogen and oxygen atoms in total. The molecule has 0 radical (unpaired) electrons. The highest BCUT2D eigenvalue weighted by molar-refractivity contribution is 5.02. The Bertz CT molecular complexity index is 267. The summed E-state index contributed by atoms with van der Waals surface area (Å²) in [5, 5.41) is 8.50. The fourth-order valence-corrected chi connectivity index (χ4v) is 1.06. The first kappa shape index (κ1) is 13.9. The number of ether oxygens (including phenoxy) is 1. The molecule has 0 aliphatic carbocycles. The summed E-state index contributed by atoms with van der Waals surface area (Å²) < 4.78 is 5.24. The van der Waals surface area contributed by atoms with Crippen LogP contribution in [-0.4, -0.2) is 12.7 Å². The minimum Gasteiger partial charge on any atom is -0.360 e. The van der Waals surface area contributed by atoms with Crippen LogP contribution in [-0.2, 0) is 4.74 Å². The lowest BCUT2D eigenvalue weighted by Gasteiger charge is -2.03. The smallest absolute Gasteiger partial charge is 0.141 e. The first-order chi connectivity index (χ1) is 7.06. The summed E-state index contributed by atoms with van der Waals surface area (Å²) in [4.78, 5) is 0. The van der Waals surface area contributed by atoms with Crippen LogP contribution in [0.1, 0.15) is 40.5 Å². The molecule has 0 N–H and O–H groups in total. The van der Waals surface area contributed by atoms with Crippen molar-refractivity contribution in [2.75, 3.05) is 6.61 Å². The molecule has 0 bridgehead atoms. The highest BCUT2D eigenvalue weighted by Gasteiger charge is 1.96. The molecule has 0 aromatic carbocycles. The van der Waals surface area contributed by atoms with E-state index in [9.17, 15) is 0 Å². The zero-order valence-corrected chi connectivity index (χ0v) is 10.2. The second-order valence-electron chi connectivity index (χ2n) is 3.98. The molecule has 1 atom stereocenters. The molecule has 0 aliphatic heterocycles. The van der Waals surface area contributed by atoms with Crippen molar-refractivity contribution in [3.8, 4) is 6.07 Å². The minimum atomic E-state index is -0.313. The second kappa shape index (κ2) is 8.26. The minimum absolute atomic E-state index is 0.313. The predicted molar refractivity (Wildman–Crippen MR) is 63.4 cm³/mol. The normalized spacial score (nSPS) is 13.1. The summed E-state index contributed by atoms with van der Waals surface area (Å²) in [6.45, 7) is 8.61. The van der Waals surface area contributed by atoms with Gasteiger partial charge in [0.2, 0.25) is 0 Å². The number of allylic oxidation sites excluding steroid dienone is 3. The number of hydrogen-bond donors (Lipinski definition) is 0. The van der Waals surface area contributed by atoms with Gasteiger partial charge in [0, 0.05) is 0 Å². The van der Waals surface area contributed by atoms with Crippen molar-refractivity contribution < 1.29 is 4.74 Å². The molecule has 84 valence electrons. The third-order valence-corrected chi connectivity index (χ3v) is 2.05. The molecule has 0 amide bonds. The van der Waals surface area contributed by atoms with Gasteiger partial charge in [-0.15, -0.1) is 0 Å². The zero-order valence-electron chi connectivity index (χ0n) is 10.2. The molecule has 0 spiro atoms. The summed E-state index contributed by atoms with van der Waals surface area (Å²) >= 11 is 0. The van der Waals surface area contributed by atoms with Crippen molar-refractivity contribution in [2.45, 2.75) is 46.6 Å². The van der Waals surface area contributed by atoms with Crippen molar-refractivity contribution in [2.24, 2.45) is 0 Å². The summed E-state index contributed by atoms with van der Waals surface area (Å²) in [7, 11) is 0. The highest BCUT2D eigenvalue weighted by Crippen LogP contribution is 2.06. The quantitative estimate of drug-likeness (QED) is 0.623. The first-order valence-corrected chi connectivity index (χ1v) is 5.36. The monoisotopic (exact) mass is 207 g/mol. The molecule has 0 fully saturated rings. The van der Waals surface area contributed by atoms with Gasteiger partial charge in [0.05, 0.1) is 12.7 Å². The van der Waals surface area contributed by atoms with E-state index in [0.29, 0.717) is 6.61 Å². The average molecular weight is 207 g/mol. The van der Waals surface area contributed by atoms with Crippen molar-refractivity contribution in [3.63, 3.8) is 0 Å². The number of nitriles is 1. The largest absolute Gasteiger partial charge is 0.360 e. The van der Waals surface area contributed by atoms with Crippen LogP contribution in [0.5, 0.6) is 0 Å². The van der Waals surface area contributed by atoms with Crippen LogP contribution in [0.15, 0.2) is 23.3 Å². The Hall–Kier alpha value is -1.07. The van der Waals surface area contributed by atoms with E-state index in [4.69, 9.17) is 10.00 Å². The van der Waals surface area contributed by atoms with Crippen LogP contribution in [0.3, 0.4) is 0 Å². The molecule has 0 saturated heterocycles. The Morgan fingerprint density at radius 2 is 2.00 bits per heavy atom. The maximum atomic E-state index is 8.50. The highest BCUT2D eigenvalue weighted by atomic mass is 16.5. The number of nitrogens with zero attached hydrogens (tertiary/aromatic N) is 1. The van der Waals surface area contributed by atoms with E-state index in [1.807, 2.05) is 12.1 Å². The second-order valence-corrected chi connectivity index (χ2v) is 3.98. The van der Waals surface area contributed by atoms with Crippen molar-refractivity contribution in [3.05, 3.63) is 23.3 Å². The van der Waals surface area contributed by atoms with Crippen molar-refractivity contribution in [1.82, 2.24) is 0 Å². The van der Waals surface area contributed by atoms with Crippen molar-refractivity contribution >= 4 is 0 Å². The molecule has 2 heteroatoms. The fourth-order valence-electron chi connectivity index (χ4n) is 1.06. The molecule has 0 aromatic rings. The van der Waals surface area contributed by atoms with E-state index < -0.39 is 0 Å². The van der Waals surface area contributed by atoms with Crippen LogP contribution in [0.25, 0.3) is 0 Å². The van der Waals surface area contributed by atoms with Gasteiger partial charge in [-0.3, -0.25) is 0 Å². The van der Waals surface area contributed by atoms with Crippen LogP contribution in [0, 0.1) is 11.3 Å². The van der Waals surface area contributed by atoms with Gasteiger partial charge in [0.25, 0.3) is 0 Å². The molecule has 0 saturated carbocycles. The van der Waals surface area contributed by atoms with E-state index in [2.05, 4.69) is 26.8 Å². The van der Waals surface area contributed by atoms with Gasteiger partial charge in [-0.1, -0.05) is 23.3 Å². The van der Waals surface area contributed by atoms with Crippen molar-refractivity contribution in [1.29, 1.82) is 5.26 Å². The van der Waals surface area contributed by atoms with Gasteiger partial charge in [-0.25, -0.2) is 0 Å². The molecule has 0 aromatic heterocycles. The topological polar surface area (TPSA) is 33.0 Å². The summed E-state index contributed by atoms with van der Waals surface area (Å²) in [5.74, 6) is 0. The standard InChI is InChI=1S/C13H21NO/c1-11(2)6-5-7-12(3)8-9-15-13(4)10-14/h6,8,13H,5,7,9H2,1-4H3. The summed E-state index contributed by atoms with van der Waals surface area (Å²) in [6.07, 6.45) is 6.11. The molecule has 0 rings (SSSR count). The first-order valence-electron chi connectivity index (χ1n) is 5.36. The maximum Gasteiger partial charge on any atom is 0.141 e. The molecular formula is C13H21NO. The lowest BCUT2D eigenvalue weighted by molar-refractivity contribution is 0.127.